The number of hydrogen-bond acceptors (Lipinski definition) is 8. The fourth-order valence-corrected chi connectivity index (χ4v) is 5.60. The number of rotatable bonds is 9. The van der Waals surface area contributed by atoms with Crippen LogP contribution in [-0.4, -0.2) is 51.3 Å². The summed E-state index contributed by atoms with van der Waals surface area (Å²) in [5.74, 6) is 0.324. The molecule has 4 rings (SSSR count). The molecular formula is C27H31ClN2O6S. The van der Waals surface area contributed by atoms with Gasteiger partial charge in [-0.1, -0.05) is 30.3 Å². The molecule has 0 radical (unpaired) electrons. The number of nitrogens with one attached hydrogen (secondary N) is 1. The minimum atomic E-state index is -0.424. The summed E-state index contributed by atoms with van der Waals surface area (Å²) in [5, 5.41) is 3.42. The molecule has 0 aliphatic carbocycles. The third-order valence-corrected chi connectivity index (χ3v) is 7.15. The molecule has 0 unspecified atom stereocenters. The first-order valence-electron chi connectivity index (χ1n) is 11.7. The number of amides is 1. The van der Waals surface area contributed by atoms with Gasteiger partial charge in [-0.15, -0.1) is 23.7 Å². The lowest BCUT2D eigenvalue weighted by atomic mass is 10.0. The van der Waals surface area contributed by atoms with Crippen LogP contribution in [0.4, 0.5) is 5.00 Å². The molecule has 8 nitrogen and oxygen atoms in total. The first kappa shape index (κ1) is 28.3. The third-order valence-electron chi connectivity index (χ3n) is 6.02. The number of nitrogens with zero attached hydrogens (tertiary/aromatic N) is 1. The second-order valence-electron chi connectivity index (χ2n) is 8.24. The Morgan fingerprint density at radius 3 is 2.30 bits per heavy atom. The molecular weight excluding hydrogens is 516 g/mol. The van der Waals surface area contributed by atoms with Crippen molar-refractivity contribution in [3.63, 3.8) is 0 Å². The highest BCUT2D eigenvalue weighted by molar-refractivity contribution is 7.17. The van der Waals surface area contributed by atoms with Gasteiger partial charge in [-0.25, -0.2) is 4.79 Å². The Hall–Kier alpha value is -3.27. The van der Waals surface area contributed by atoms with Gasteiger partial charge in [0.1, 0.15) is 5.00 Å². The molecule has 0 spiro atoms. The molecule has 37 heavy (non-hydrogen) atoms. The van der Waals surface area contributed by atoms with E-state index in [9.17, 15) is 9.59 Å². The van der Waals surface area contributed by atoms with Gasteiger partial charge in [-0.2, -0.15) is 0 Å². The predicted molar refractivity (Wildman–Crippen MR) is 146 cm³/mol. The molecule has 1 amide bonds. The first-order valence-corrected chi connectivity index (χ1v) is 12.5. The van der Waals surface area contributed by atoms with Crippen molar-refractivity contribution in [1.82, 2.24) is 4.90 Å². The van der Waals surface area contributed by atoms with Crippen molar-refractivity contribution in [2.45, 2.75) is 26.4 Å². The Balaban J connectivity index is 0.00000380. The Morgan fingerprint density at radius 2 is 1.70 bits per heavy atom. The summed E-state index contributed by atoms with van der Waals surface area (Å²) in [6.07, 6.45) is 0.701. The molecule has 3 aromatic rings. The fourth-order valence-electron chi connectivity index (χ4n) is 4.33. The summed E-state index contributed by atoms with van der Waals surface area (Å²) in [6, 6.07) is 13.4. The van der Waals surface area contributed by atoms with Gasteiger partial charge >= 0.3 is 5.97 Å². The number of fused-ring (bicyclic) bond motifs is 1. The van der Waals surface area contributed by atoms with Gasteiger partial charge < -0.3 is 24.3 Å². The van der Waals surface area contributed by atoms with Gasteiger partial charge in [0, 0.05) is 30.1 Å². The standard InChI is InChI=1S/C27H30N2O6S.ClH/c1-5-35-27(31)23-19-11-12-29(15-17-9-7-6-8-10-17)16-22(19)36-26(23)28-25(30)18-13-20(32-2)24(34-4)21(14-18)33-3;/h6-10,13-14H,5,11-12,15-16H2,1-4H3,(H,28,30);1H. The van der Waals surface area contributed by atoms with Gasteiger partial charge in [0.15, 0.2) is 11.5 Å². The van der Waals surface area contributed by atoms with Crippen molar-refractivity contribution >= 4 is 40.6 Å². The van der Waals surface area contributed by atoms with E-state index >= 15 is 0 Å². The van der Waals surface area contributed by atoms with Gasteiger partial charge in [0.05, 0.1) is 33.5 Å². The average Bonchev–Trinajstić information content (AvgIpc) is 3.25. The van der Waals surface area contributed by atoms with E-state index in [-0.39, 0.29) is 24.9 Å². The highest BCUT2D eigenvalue weighted by Gasteiger charge is 2.30. The number of thiophene rings is 1. The summed E-state index contributed by atoms with van der Waals surface area (Å²) in [4.78, 5) is 29.6. The van der Waals surface area contributed by atoms with E-state index < -0.39 is 5.97 Å². The molecule has 0 saturated heterocycles. The molecule has 2 aromatic carbocycles. The van der Waals surface area contributed by atoms with Gasteiger partial charge in [-0.3, -0.25) is 9.69 Å². The minimum absolute atomic E-state index is 0. The highest BCUT2D eigenvalue weighted by Crippen LogP contribution is 2.40. The summed E-state index contributed by atoms with van der Waals surface area (Å²) in [6.45, 7) is 4.35. The Kier molecular flexibility index (Phi) is 9.79. The van der Waals surface area contributed by atoms with E-state index in [1.807, 2.05) is 18.2 Å². The predicted octanol–water partition coefficient (Wildman–Crippen LogP) is 5.18. The van der Waals surface area contributed by atoms with Crippen LogP contribution in [0.3, 0.4) is 0 Å². The summed E-state index contributed by atoms with van der Waals surface area (Å²) in [5.41, 5.74) is 2.94. The number of carbonyl (C=O) groups excluding carboxylic acids is 2. The molecule has 0 fully saturated rings. The zero-order valence-electron chi connectivity index (χ0n) is 21.3. The maximum Gasteiger partial charge on any atom is 0.341 e. The molecule has 10 heteroatoms. The van der Waals surface area contributed by atoms with E-state index in [0.29, 0.717) is 46.3 Å². The van der Waals surface area contributed by atoms with Crippen LogP contribution < -0.4 is 19.5 Å². The van der Waals surface area contributed by atoms with Crippen LogP contribution in [-0.2, 0) is 24.2 Å². The van der Waals surface area contributed by atoms with Gasteiger partial charge in [0.25, 0.3) is 5.91 Å². The maximum atomic E-state index is 13.3. The van der Waals surface area contributed by atoms with Crippen molar-refractivity contribution in [3.8, 4) is 17.2 Å². The highest BCUT2D eigenvalue weighted by atomic mass is 35.5. The van der Waals surface area contributed by atoms with Crippen LogP contribution in [0.2, 0.25) is 0 Å². The third kappa shape index (κ3) is 6.18. The number of carbonyl (C=O) groups is 2. The monoisotopic (exact) mass is 546 g/mol. The van der Waals surface area contributed by atoms with E-state index in [4.69, 9.17) is 18.9 Å². The van der Waals surface area contributed by atoms with Crippen LogP contribution >= 0.6 is 23.7 Å². The van der Waals surface area contributed by atoms with Crippen molar-refractivity contribution in [2.75, 3.05) is 39.8 Å². The molecule has 198 valence electrons. The van der Waals surface area contributed by atoms with E-state index in [2.05, 4.69) is 22.3 Å². The lowest BCUT2D eigenvalue weighted by Gasteiger charge is -2.27. The zero-order chi connectivity index (χ0) is 25.7. The number of esters is 1. The number of ether oxygens (including phenoxy) is 4. The molecule has 2 heterocycles. The van der Waals surface area contributed by atoms with Crippen molar-refractivity contribution in [2.24, 2.45) is 0 Å². The number of hydrogen-bond donors (Lipinski definition) is 1. The Morgan fingerprint density at radius 1 is 1.03 bits per heavy atom. The topological polar surface area (TPSA) is 86.3 Å². The first-order chi connectivity index (χ1) is 17.5. The van der Waals surface area contributed by atoms with Gasteiger partial charge in [0.2, 0.25) is 5.75 Å². The zero-order valence-corrected chi connectivity index (χ0v) is 22.9. The largest absolute Gasteiger partial charge is 0.493 e. The quantitative estimate of drug-likeness (QED) is 0.370. The van der Waals surface area contributed by atoms with E-state index in [1.54, 1.807) is 19.1 Å². The van der Waals surface area contributed by atoms with Crippen molar-refractivity contribution in [3.05, 3.63) is 69.6 Å². The normalized spacial score (nSPS) is 12.6. The van der Waals surface area contributed by atoms with E-state index in [1.165, 1.54) is 38.2 Å². The summed E-state index contributed by atoms with van der Waals surface area (Å²) < 4.78 is 21.5. The average molecular weight is 547 g/mol. The number of methoxy groups -OCH3 is 3. The van der Waals surface area contributed by atoms with E-state index in [0.717, 1.165) is 23.5 Å². The molecule has 0 bridgehead atoms. The van der Waals surface area contributed by atoms with Crippen molar-refractivity contribution in [1.29, 1.82) is 0 Å². The second-order valence-corrected chi connectivity index (χ2v) is 9.35. The number of benzene rings is 2. The molecule has 0 saturated carbocycles. The molecule has 1 aliphatic rings. The summed E-state index contributed by atoms with van der Waals surface area (Å²) in [7, 11) is 4.49. The SMILES string of the molecule is CCOC(=O)c1c(NC(=O)c2cc(OC)c(OC)c(OC)c2)sc2c1CCN(Cc1ccccc1)C2.Cl. The van der Waals surface area contributed by atoms with Crippen LogP contribution in [0.25, 0.3) is 0 Å². The molecule has 1 aliphatic heterocycles. The fraction of sp³-hybridized carbons (Fsp3) is 0.333. The molecule has 0 atom stereocenters. The molecule has 1 N–H and O–H groups in total. The Bertz CT molecular complexity index is 1220. The molecule has 1 aromatic heterocycles. The second kappa shape index (κ2) is 12.8. The lowest BCUT2D eigenvalue weighted by Crippen LogP contribution is -2.29. The van der Waals surface area contributed by atoms with Crippen LogP contribution in [0, 0.1) is 0 Å². The lowest BCUT2D eigenvalue weighted by molar-refractivity contribution is 0.0526. The van der Waals surface area contributed by atoms with Crippen LogP contribution in [0.5, 0.6) is 17.2 Å². The Labute approximate surface area is 226 Å². The van der Waals surface area contributed by atoms with Gasteiger partial charge in [-0.05, 0) is 36.6 Å². The van der Waals surface area contributed by atoms with Crippen LogP contribution in [0.1, 0.15) is 43.6 Å². The maximum absolute atomic E-state index is 13.3. The van der Waals surface area contributed by atoms with Crippen molar-refractivity contribution < 1.29 is 28.5 Å². The summed E-state index contributed by atoms with van der Waals surface area (Å²) >= 11 is 1.42. The smallest absolute Gasteiger partial charge is 0.341 e. The minimum Gasteiger partial charge on any atom is -0.493 e. The number of halogens is 1. The van der Waals surface area contributed by atoms with Crippen LogP contribution in [0.15, 0.2) is 42.5 Å². The number of anilines is 1.